The van der Waals surface area contributed by atoms with Crippen molar-refractivity contribution in [3.8, 4) is 0 Å². The molecule has 0 fully saturated rings. The van der Waals surface area contributed by atoms with Gasteiger partial charge in [0.15, 0.2) is 0 Å². The van der Waals surface area contributed by atoms with E-state index in [-0.39, 0.29) is 24.4 Å². The van der Waals surface area contributed by atoms with Crippen LogP contribution in [0.15, 0.2) is 60.3 Å². The molecule has 0 spiro atoms. The molecule has 0 unspecified atom stereocenters. The highest BCUT2D eigenvalue weighted by atomic mass is 19.1. The van der Waals surface area contributed by atoms with Crippen LogP contribution in [0.1, 0.15) is 15.9 Å². The van der Waals surface area contributed by atoms with Crippen LogP contribution in [0, 0.1) is 5.82 Å². The van der Waals surface area contributed by atoms with Crippen LogP contribution in [-0.2, 0) is 4.79 Å². The van der Waals surface area contributed by atoms with E-state index >= 15 is 0 Å². The highest BCUT2D eigenvalue weighted by Crippen LogP contribution is 2.11. The summed E-state index contributed by atoms with van der Waals surface area (Å²) in [7, 11) is 0. The standard InChI is InChI=1S/C18H17FN2O3/c19-15-9-5-4-8-14(15)12-16(18(24)20-10-11-22)21-17(23)13-6-2-1-3-7-13/h1-9,12,22H,10-11H2,(H,20,24)(H,21,23)/b16-12+. The van der Waals surface area contributed by atoms with Crippen molar-refractivity contribution in [3.05, 3.63) is 77.2 Å². The molecule has 24 heavy (non-hydrogen) atoms. The van der Waals surface area contributed by atoms with Crippen molar-refractivity contribution in [3.63, 3.8) is 0 Å². The Kier molecular flexibility index (Phi) is 6.22. The van der Waals surface area contributed by atoms with E-state index in [9.17, 15) is 14.0 Å². The molecule has 0 aliphatic heterocycles. The van der Waals surface area contributed by atoms with Crippen molar-refractivity contribution in [2.75, 3.05) is 13.2 Å². The summed E-state index contributed by atoms with van der Waals surface area (Å²) in [4.78, 5) is 24.4. The molecule has 0 heterocycles. The number of nitrogens with one attached hydrogen (secondary N) is 2. The first-order valence-electron chi connectivity index (χ1n) is 7.33. The van der Waals surface area contributed by atoms with Gasteiger partial charge in [0, 0.05) is 17.7 Å². The van der Waals surface area contributed by atoms with E-state index in [0.29, 0.717) is 5.56 Å². The van der Waals surface area contributed by atoms with E-state index in [0.717, 1.165) is 0 Å². The summed E-state index contributed by atoms with van der Waals surface area (Å²) >= 11 is 0. The largest absolute Gasteiger partial charge is 0.395 e. The van der Waals surface area contributed by atoms with Gasteiger partial charge in [-0.1, -0.05) is 36.4 Å². The Bertz CT molecular complexity index is 745. The lowest BCUT2D eigenvalue weighted by Crippen LogP contribution is -2.36. The Morgan fingerprint density at radius 1 is 1.04 bits per heavy atom. The molecule has 0 bridgehead atoms. The zero-order valence-corrected chi connectivity index (χ0v) is 12.8. The van der Waals surface area contributed by atoms with Crippen molar-refractivity contribution >= 4 is 17.9 Å². The topological polar surface area (TPSA) is 78.4 Å². The van der Waals surface area contributed by atoms with Gasteiger partial charge >= 0.3 is 0 Å². The molecule has 2 aromatic rings. The van der Waals surface area contributed by atoms with Crippen molar-refractivity contribution in [1.82, 2.24) is 10.6 Å². The Morgan fingerprint density at radius 2 is 1.71 bits per heavy atom. The first kappa shape index (κ1) is 17.4. The van der Waals surface area contributed by atoms with Crippen LogP contribution >= 0.6 is 0 Å². The van der Waals surface area contributed by atoms with Gasteiger partial charge in [-0.05, 0) is 24.3 Å². The first-order chi connectivity index (χ1) is 11.6. The summed E-state index contributed by atoms with van der Waals surface area (Å²) in [6, 6.07) is 14.3. The highest BCUT2D eigenvalue weighted by Gasteiger charge is 2.14. The summed E-state index contributed by atoms with van der Waals surface area (Å²) in [6.07, 6.45) is 1.25. The Labute approximate surface area is 138 Å². The van der Waals surface area contributed by atoms with Crippen LogP contribution in [0.5, 0.6) is 0 Å². The number of amides is 2. The third-order valence-corrected chi connectivity index (χ3v) is 3.13. The number of hydrogen-bond acceptors (Lipinski definition) is 3. The molecule has 0 saturated heterocycles. The Morgan fingerprint density at radius 3 is 2.38 bits per heavy atom. The Balaban J connectivity index is 2.28. The summed E-state index contributed by atoms with van der Waals surface area (Å²) in [5.41, 5.74) is 0.425. The molecule has 2 amide bonds. The van der Waals surface area contributed by atoms with E-state index in [1.807, 2.05) is 0 Å². The number of aliphatic hydroxyl groups excluding tert-OH is 1. The van der Waals surface area contributed by atoms with Crippen LogP contribution in [0.3, 0.4) is 0 Å². The average molecular weight is 328 g/mol. The first-order valence-corrected chi connectivity index (χ1v) is 7.33. The van der Waals surface area contributed by atoms with Gasteiger partial charge in [0.05, 0.1) is 6.61 Å². The van der Waals surface area contributed by atoms with Gasteiger partial charge < -0.3 is 15.7 Å². The van der Waals surface area contributed by atoms with Crippen LogP contribution in [0.25, 0.3) is 6.08 Å². The van der Waals surface area contributed by atoms with E-state index in [2.05, 4.69) is 10.6 Å². The van der Waals surface area contributed by atoms with Gasteiger partial charge in [0.2, 0.25) is 0 Å². The van der Waals surface area contributed by atoms with Crippen LogP contribution in [-0.4, -0.2) is 30.1 Å². The molecule has 0 atom stereocenters. The van der Waals surface area contributed by atoms with Gasteiger partial charge in [0.25, 0.3) is 11.8 Å². The number of carbonyl (C=O) groups excluding carboxylic acids is 2. The molecule has 0 radical (unpaired) electrons. The van der Waals surface area contributed by atoms with Crippen LogP contribution in [0.4, 0.5) is 4.39 Å². The van der Waals surface area contributed by atoms with Gasteiger partial charge in [-0.2, -0.15) is 0 Å². The maximum absolute atomic E-state index is 13.8. The molecular formula is C18H17FN2O3. The van der Waals surface area contributed by atoms with Crippen molar-refractivity contribution in [2.45, 2.75) is 0 Å². The molecule has 3 N–H and O–H groups in total. The number of aliphatic hydroxyl groups is 1. The molecular weight excluding hydrogens is 311 g/mol. The molecule has 0 aliphatic carbocycles. The van der Waals surface area contributed by atoms with Gasteiger partial charge in [-0.15, -0.1) is 0 Å². The third-order valence-electron chi connectivity index (χ3n) is 3.13. The smallest absolute Gasteiger partial charge is 0.267 e. The SMILES string of the molecule is O=C(NCCO)/C(=C\c1ccccc1F)NC(=O)c1ccccc1. The summed E-state index contributed by atoms with van der Waals surface area (Å²) in [6.45, 7) is -0.222. The van der Waals surface area contributed by atoms with E-state index in [1.165, 1.54) is 24.3 Å². The zero-order chi connectivity index (χ0) is 17.4. The number of halogens is 1. The minimum absolute atomic E-state index is 0.0225. The van der Waals surface area contributed by atoms with Crippen molar-refractivity contribution < 1.29 is 19.1 Å². The number of hydrogen-bond donors (Lipinski definition) is 3. The summed E-state index contributed by atoms with van der Waals surface area (Å²) in [5.74, 6) is -1.62. The molecule has 0 aromatic heterocycles. The van der Waals surface area contributed by atoms with Crippen LogP contribution < -0.4 is 10.6 Å². The summed E-state index contributed by atoms with van der Waals surface area (Å²) < 4.78 is 13.8. The predicted octanol–water partition coefficient (Wildman–Crippen LogP) is 1.71. The minimum Gasteiger partial charge on any atom is -0.395 e. The van der Waals surface area contributed by atoms with Gasteiger partial charge in [-0.25, -0.2) is 4.39 Å². The van der Waals surface area contributed by atoms with Gasteiger partial charge in [-0.3, -0.25) is 9.59 Å². The van der Waals surface area contributed by atoms with Gasteiger partial charge in [0.1, 0.15) is 11.5 Å². The normalized spacial score (nSPS) is 11.0. The molecule has 2 aromatic carbocycles. The fourth-order valence-corrected chi connectivity index (χ4v) is 1.95. The molecule has 0 aliphatic rings. The fourth-order valence-electron chi connectivity index (χ4n) is 1.95. The second-order valence-electron chi connectivity index (χ2n) is 4.88. The average Bonchev–Trinajstić information content (AvgIpc) is 2.61. The second-order valence-corrected chi connectivity index (χ2v) is 4.88. The Hall–Kier alpha value is -2.99. The highest BCUT2D eigenvalue weighted by molar-refractivity contribution is 6.05. The van der Waals surface area contributed by atoms with Crippen LogP contribution in [0.2, 0.25) is 0 Å². The quantitative estimate of drug-likeness (QED) is 0.706. The number of benzene rings is 2. The molecule has 124 valence electrons. The third kappa shape index (κ3) is 4.76. The maximum atomic E-state index is 13.8. The van der Waals surface area contributed by atoms with Crippen molar-refractivity contribution in [2.24, 2.45) is 0 Å². The summed E-state index contributed by atoms with van der Waals surface area (Å²) in [5, 5.41) is 13.7. The monoisotopic (exact) mass is 328 g/mol. The zero-order valence-electron chi connectivity index (χ0n) is 12.8. The lowest BCUT2D eigenvalue weighted by atomic mass is 10.1. The lowest BCUT2D eigenvalue weighted by molar-refractivity contribution is -0.117. The number of carbonyl (C=O) groups is 2. The maximum Gasteiger partial charge on any atom is 0.267 e. The van der Waals surface area contributed by atoms with E-state index in [1.54, 1.807) is 36.4 Å². The van der Waals surface area contributed by atoms with E-state index < -0.39 is 17.6 Å². The lowest BCUT2D eigenvalue weighted by Gasteiger charge is -2.11. The van der Waals surface area contributed by atoms with E-state index in [4.69, 9.17) is 5.11 Å². The molecule has 0 saturated carbocycles. The van der Waals surface area contributed by atoms with Crippen molar-refractivity contribution in [1.29, 1.82) is 0 Å². The molecule has 6 heteroatoms. The molecule has 2 rings (SSSR count). The molecule has 5 nitrogen and oxygen atoms in total. The number of rotatable bonds is 6. The minimum atomic E-state index is -0.614. The fraction of sp³-hybridized carbons (Fsp3) is 0.111. The second kappa shape index (κ2) is 8.59. The predicted molar refractivity (Wildman–Crippen MR) is 88.4 cm³/mol.